The molecule has 0 aliphatic heterocycles. The van der Waals surface area contributed by atoms with Crippen molar-refractivity contribution in [2.75, 3.05) is 27.9 Å². The SMILES string of the molecule is COc1cc(OC)c(CCNC(=O)CCc2ncc(-c3ccc(F)cc3F)o2)c(OC)c1. The second-order valence-corrected chi connectivity index (χ2v) is 6.85. The lowest BCUT2D eigenvalue weighted by molar-refractivity contribution is -0.121. The lowest BCUT2D eigenvalue weighted by Gasteiger charge is -2.15. The minimum atomic E-state index is -0.741. The largest absolute Gasteiger partial charge is 0.496 e. The maximum absolute atomic E-state index is 13.9. The molecule has 7 nitrogen and oxygen atoms in total. The molecular weight excluding hydrogens is 422 g/mol. The van der Waals surface area contributed by atoms with Crippen molar-refractivity contribution in [3.8, 4) is 28.6 Å². The third-order valence-electron chi connectivity index (χ3n) is 4.83. The van der Waals surface area contributed by atoms with E-state index in [9.17, 15) is 13.6 Å². The van der Waals surface area contributed by atoms with E-state index in [-0.39, 0.29) is 36.0 Å². The minimum Gasteiger partial charge on any atom is -0.496 e. The van der Waals surface area contributed by atoms with Crippen LogP contribution >= 0.6 is 0 Å². The molecule has 0 aliphatic rings. The van der Waals surface area contributed by atoms with E-state index in [2.05, 4.69) is 10.3 Å². The van der Waals surface area contributed by atoms with Gasteiger partial charge in [-0.05, 0) is 18.6 Å². The highest BCUT2D eigenvalue weighted by Crippen LogP contribution is 2.34. The molecule has 3 aromatic rings. The van der Waals surface area contributed by atoms with Gasteiger partial charge in [0.15, 0.2) is 11.7 Å². The van der Waals surface area contributed by atoms with Crippen LogP contribution in [-0.4, -0.2) is 38.8 Å². The van der Waals surface area contributed by atoms with Crippen LogP contribution in [-0.2, 0) is 17.6 Å². The summed E-state index contributed by atoms with van der Waals surface area (Å²) in [5, 5.41) is 2.83. The van der Waals surface area contributed by atoms with E-state index < -0.39 is 11.6 Å². The van der Waals surface area contributed by atoms with Crippen LogP contribution < -0.4 is 19.5 Å². The summed E-state index contributed by atoms with van der Waals surface area (Å²) in [5.74, 6) is 0.685. The van der Waals surface area contributed by atoms with Crippen molar-refractivity contribution in [1.29, 1.82) is 0 Å². The van der Waals surface area contributed by atoms with E-state index in [4.69, 9.17) is 18.6 Å². The Morgan fingerprint density at radius 2 is 1.75 bits per heavy atom. The fourth-order valence-corrected chi connectivity index (χ4v) is 3.20. The number of nitrogens with one attached hydrogen (secondary N) is 1. The molecule has 0 aliphatic carbocycles. The number of aryl methyl sites for hydroxylation is 1. The zero-order chi connectivity index (χ0) is 23.1. The molecule has 1 aromatic heterocycles. The molecule has 1 N–H and O–H groups in total. The summed E-state index contributed by atoms with van der Waals surface area (Å²) in [7, 11) is 4.67. The van der Waals surface area contributed by atoms with Crippen LogP contribution in [0, 0.1) is 11.6 Å². The van der Waals surface area contributed by atoms with Gasteiger partial charge in [0, 0.05) is 43.1 Å². The number of nitrogens with zero attached hydrogens (tertiary/aromatic N) is 1. The Labute approximate surface area is 184 Å². The zero-order valence-corrected chi connectivity index (χ0v) is 18.0. The Hall–Kier alpha value is -3.62. The van der Waals surface area contributed by atoms with Crippen molar-refractivity contribution in [2.45, 2.75) is 19.3 Å². The highest BCUT2D eigenvalue weighted by Gasteiger charge is 2.15. The highest BCUT2D eigenvalue weighted by atomic mass is 19.1. The van der Waals surface area contributed by atoms with Gasteiger partial charge in [0.1, 0.15) is 28.9 Å². The van der Waals surface area contributed by atoms with Crippen LogP contribution in [0.25, 0.3) is 11.3 Å². The average Bonchev–Trinajstić information content (AvgIpc) is 3.26. The smallest absolute Gasteiger partial charge is 0.220 e. The quantitative estimate of drug-likeness (QED) is 0.508. The number of amides is 1. The summed E-state index contributed by atoms with van der Waals surface area (Å²) < 4.78 is 48.5. The zero-order valence-electron chi connectivity index (χ0n) is 18.0. The van der Waals surface area contributed by atoms with Crippen molar-refractivity contribution >= 4 is 5.91 Å². The summed E-state index contributed by atoms with van der Waals surface area (Å²) in [5.41, 5.74) is 0.923. The van der Waals surface area contributed by atoms with Gasteiger partial charge in [-0.3, -0.25) is 4.79 Å². The van der Waals surface area contributed by atoms with Gasteiger partial charge in [0.05, 0.1) is 33.1 Å². The minimum absolute atomic E-state index is 0.108. The van der Waals surface area contributed by atoms with Gasteiger partial charge in [0.25, 0.3) is 0 Å². The topological polar surface area (TPSA) is 82.8 Å². The molecule has 170 valence electrons. The van der Waals surface area contributed by atoms with Gasteiger partial charge in [-0.1, -0.05) is 0 Å². The van der Waals surface area contributed by atoms with Crippen LogP contribution in [0.4, 0.5) is 8.78 Å². The first-order chi connectivity index (χ1) is 15.4. The molecule has 0 saturated heterocycles. The van der Waals surface area contributed by atoms with E-state index in [0.717, 1.165) is 17.7 Å². The molecule has 0 bridgehead atoms. The number of carbonyl (C=O) groups excluding carboxylic acids is 1. The lowest BCUT2D eigenvalue weighted by atomic mass is 10.1. The van der Waals surface area contributed by atoms with Gasteiger partial charge >= 0.3 is 0 Å². The van der Waals surface area contributed by atoms with Crippen LogP contribution in [0.5, 0.6) is 17.2 Å². The van der Waals surface area contributed by atoms with Crippen molar-refractivity contribution in [1.82, 2.24) is 10.3 Å². The number of rotatable bonds is 10. The number of benzene rings is 2. The van der Waals surface area contributed by atoms with E-state index >= 15 is 0 Å². The van der Waals surface area contributed by atoms with Crippen molar-refractivity contribution in [3.05, 3.63) is 59.6 Å². The molecule has 3 rings (SSSR count). The molecular formula is C23H24F2N2O5. The van der Waals surface area contributed by atoms with Gasteiger partial charge in [-0.25, -0.2) is 13.8 Å². The van der Waals surface area contributed by atoms with E-state index in [1.165, 1.54) is 12.3 Å². The fourth-order valence-electron chi connectivity index (χ4n) is 3.20. The number of methoxy groups -OCH3 is 3. The van der Waals surface area contributed by atoms with Crippen molar-refractivity contribution in [2.24, 2.45) is 0 Å². The molecule has 2 aromatic carbocycles. The first kappa shape index (κ1) is 23.1. The van der Waals surface area contributed by atoms with E-state index in [0.29, 0.717) is 30.2 Å². The molecule has 0 fully saturated rings. The predicted molar refractivity (Wildman–Crippen MR) is 113 cm³/mol. The van der Waals surface area contributed by atoms with Crippen LogP contribution in [0.1, 0.15) is 17.9 Å². The maximum Gasteiger partial charge on any atom is 0.220 e. The normalized spacial score (nSPS) is 10.7. The molecule has 0 atom stereocenters. The Morgan fingerprint density at radius 3 is 2.38 bits per heavy atom. The third-order valence-corrected chi connectivity index (χ3v) is 4.83. The monoisotopic (exact) mass is 446 g/mol. The predicted octanol–water partition coefficient (Wildman–Crippen LogP) is 3.94. The average molecular weight is 446 g/mol. The first-order valence-corrected chi connectivity index (χ1v) is 9.90. The lowest BCUT2D eigenvalue weighted by Crippen LogP contribution is -2.26. The van der Waals surface area contributed by atoms with Crippen LogP contribution in [0.3, 0.4) is 0 Å². The Morgan fingerprint density at radius 1 is 1.03 bits per heavy atom. The maximum atomic E-state index is 13.9. The number of carbonyl (C=O) groups is 1. The van der Waals surface area contributed by atoms with Crippen molar-refractivity contribution in [3.63, 3.8) is 0 Å². The summed E-state index contributed by atoms with van der Waals surface area (Å²) in [6.07, 6.45) is 2.23. The summed E-state index contributed by atoms with van der Waals surface area (Å²) in [4.78, 5) is 16.3. The number of oxazole rings is 1. The molecule has 1 heterocycles. The summed E-state index contributed by atoms with van der Waals surface area (Å²) in [6, 6.07) is 6.70. The van der Waals surface area contributed by atoms with Gasteiger partial charge < -0.3 is 23.9 Å². The Kier molecular flexibility index (Phi) is 7.64. The van der Waals surface area contributed by atoms with Crippen molar-refractivity contribution < 1.29 is 32.2 Å². The highest BCUT2D eigenvalue weighted by molar-refractivity contribution is 5.76. The van der Waals surface area contributed by atoms with Crippen LogP contribution in [0.2, 0.25) is 0 Å². The molecule has 0 radical (unpaired) electrons. The van der Waals surface area contributed by atoms with Gasteiger partial charge in [-0.2, -0.15) is 0 Å². The number of aromatic nitrogens is 1. The number of halogens is 2. The van der Waals surface area contributed by atoms with E-state index in [1.54, 1.807) is 33.5 Å². The molecule has 9 heteroatoms. The summed E-state index contributed by atoms with van der Waals surface area (Å²) >= 11 is 0. The number of hydrogen-bond donors (Lipinski definition) is 1. The Balaban J connectivity index is 1.53. The first-order valence-electron chi connectivity index (χ1n) is 9.90. The molecule has 0 unspecified atom stereocenters. The van der Waals surface area contributed by atoms with E-state index in [1.807, 2.05) is 0 Å². The fraction of sp³-hybridized carbons (Fsp3) is 0.304. The molecule has 0 saturated carbocycles. The Bertz CT molecular complexity index is 1060. The van der Waals surface area contributed by atoms with Crippen LogP contribution in [0.15, 0.2) is 40.9 Å². The second kappa shape index (κ2) is 10.6. The second-order valence-electron chi connectivity index (χ2n) is 6.85. The molecule has 0 spiro atoms. The molecule has 32 heavy (non-hydrogen) atoms. The molecule has 1 amide bonds. The number of ether oxygens (including phenoxy) is 3. The third kappa shape index (κ3) is 5.54. The summed E-state index contributed by atoms with van der Waals surface area (Å²) in [6.45, 7) is 0.371. The van der Waals surface area contributed by atoms with Gasteiger partial charge in [0.2, 0.25) is 5.91 Å². The standard InChI is InChI=1S/C23H24F2N2O5/c1-29-15-11-19(30-2)17(20(12-15)31-3)8-9-26-22(28)6-7-23-27-13-21(32-23)16-5-4-14(24)10-18(16)25/h4-5,10-13H,6-9H2,1-3H3,(H,26,28). The van der Waals surface area contributed by atoms with Gasteiger partial charge in [-0.15, -0.1) is 0 Å². The number of hydrogen-bond acceptors (Lipinski definition) is 6.